The first-order valence-electron chi connectivity index (χ1n) is 6.41. The van der Waals surface area contributed by atoms with Crippen molar-refractivity contribution in [3.8, 4) is 0 Å². The molecule has 0 atom stereocenters. The van der Waals surface area contributed by atoms with E-state index in [1.54, 1.807) is 0 Å². The molecule has 1 fully saturated rings. The summed E-state index contributed by atoms with van der Waals surface area (Å²) in [5, 5.41) is 4.20. The molecule has 0 radical (unpaired) electrons. The first-order valence-corrected chi connectivity index (χ1v) is 6.78. The summed E-state index contributed by atoms with van der Waals surface area (Å²) in [4.78, 5) is 0. The highest BCUT2D eigenvalue weighted by Gasteiger charge is 2.25. The van der Waals surface area contributed by atoms with E-state index in [2.05, 4.69) is 29.6 Å². The normalized spacial score (nSPS) is 14.5. The summed E-state index contributed by atoms with van der Waals surface area (Å²) in [6.45, 7) is 0.844. The summed E-state index contributed by atoms with van der Waals surface area (Å²) < 4.78 is 0. The lowest BCUT2D eigenvalue weighted by molar-refractivity contribution is 1.04. The number of rotatable bonds is 4. The third-order valence-corrected chi connectivity index (χ3v) is 3.75. The fourth-order valence-corrected chi connectivity index (χ4v) is 2.49. The highest BCUT2D eigenvalue weighted by molar-refractivity contribution is 6.33. The Balaban J connectivity index is 1.75. The predicted octanol–water partition coefficient (Wildman–Crippen LogP) is 4.83. The second-order valence-electron chi connectivity index (χ2n) is 4.81. The highest BCUT2D eigenvalue weighted by atomic mass is 35.5. The Morgan fingerprint density at radius 3 is 2.50 bits per heavy atom. The number of anilines is 1. The van der Waals surface area contributed by atoms with Gasteiger partial charge in [0, 0.05) is 6.54 Å². The van der Waals surface area contributed by atoms with Gasteiger partial charge in [-0.25, -0.2) is 0 Å². The number of hydrogen-bond donors (Lipinski definition) is 1. The minimum atomic E-state index is 0.779. The van der Waals surface area contributed by atoms with Crippen LogP contribution in [0.25, 0.3) is 0 Å². The first-order chi connectivity index (χ1) is 8.84. The molecule has 3 rings (SSSR count). The first kappa shape index (κ1) is 11.6. The summed E-state index contributed by atoms with van der Waals surface area (Å²) in [5.74, 6) is 0.786. The zero-order valence-electron chi connectivity index (χ0n) is 10.2. The molecule has 0 aliphatic heterocycles. The zero-order chi connectivity index (χ0) is 12.4. The predicted molar refractivity (Wildman–Crippen MR) is 77.2 cm³/mol. The SMILES string of the molecule is Clc1ccccc1NCc1ccccc1C1CC1. The lowest BCUT2D eigenvalue weighted by Crippen LogP contribution is -2.02. The highest BCUT2D eigenvalue weighted by Crippen LogP contribution is 2.41. The van der Waals surface area contributed by atoms with Gasteiger partial charge in [0.15, 0.2) is 0 Å². The molecule has 1 N–H and O–H groups in total. The molecule has 0 heterocycles. The van der Waals surface area contributed by atoms with Gasteiger partial charge in [-0.2, -0.15) is 0 Å². The molecule has 0 unspecified atom stereocenters. The monoisotopic (exact) mass is 257 g/mol. The maximum Gasteiger partial charge on any atom is 0.0637 e. The molecule has 2 aromatic rings. The molecule has 0 amide bonds. The molecule has 2 aromatic carbocycles. The average molecular weight is 258 g/mol. The van der Waals surface area contributed by atoms with E-state index in [4.69, 9.17) is 11.6 Å². The minimum Gasteiger partial charge on any atom is -0.380 e. The fourth-order valence-electron chi connectivity index (χ4n) is 2.28. The summed E-state index contributed by atoms with van der Waals surface area (Å²) in [6.07, 6.45) is 2.67. The van der Waals surface area contributed by atoms with E-state index in [1.165, 1.54) is 24.0 Å². The van der Waals surface area contributed by atoms with Crippen LogP contribution in [-0.2, 0) is 6.54 Å². The molecule has 92 valence electrons. The second-order valence-corrected chi connectivity index (χ2v) is 5.21. The molecular formula is C16H16ClN. The maximum absolute atomic E-state index is 6.14. The van der Waals surface area contributed by atoms with Crippen LogP contribution in [0.3, 0.4) is 0 Å². The average Bonchev–Trinajstić information content (AvgIpc) is 3.23. The number of halogens is 1. The van der Waals surface area contributed by atoms with Gasteiger partial charge in [0.2, 0.25) is 0 Å². The van der Waals surface area contributed by atoms with Crippen LogP contribution in [0.4, 0.5) is 5.69 Å². The van der Waals surface area contributed by atoms with Gasteiger partial charge in [0.05, 0.1) is 10.7 Å². The Hall–Kier alpha value is -1.47. The Kier molecular flexibility index (Phi) is 3.24. The van der Waals surface area contributed by atoms with Crippen LogP contribution in [0.2, 0.25) is 5.02 Å². The molecule has 1 nitrogen and oxygen atoms in total. The van der Waals surface area contributed by atoms with E-state index in [1.807, 2.05) is 24.3 Å². The van der Waals surface area contributed by atoms with E-state index in [0.29, 0.717) is 0 Å². The van der Waals surface area contributed by atoms with Crippen LogP contribution in [-0.4, -0.2) is 0 Å². The largest absolute Gasteiger partial charge is 0.380 e. The van der Waals surface area contributed by atoms with Crippen molar-refractivity contribution in [2.45, 2.75) is 25.3 Å². The quantitative estimate of drug-likeness (QED) is 0.827. The number of hydrogen-bond acceptors (Lipinski definition) is 1. The van der Waals surface area contributed by atoms with E-state index in [0.717, 1.165) is 23.2 Å². The molecule has 1 aliphatic rings. The van der Waals surface area contributed by atoms with Gasteiger partial charge < -0.3 is 5.32 Å². The number of para-hydroxylation sites is 1. The standard InChI is InChI=1S/C16H16ClN/c17-15-7-3-4-8-16(15)18-11-13-5-1-2-6-14(13)12-9-10-12/h1-8,12,18H,9-11H2. The Morgan fingerprint density at radius 1 is 1.00 bits per heavy atom. The molecule has 0 aromatic heterocycles. The molecule has 18 heavy (non-hydrogen) atoms. The molecule has 0 spiro atoms. The van der Waals surface area contributed by atoms with Crippen LogP contribution in [0.15, 0.2) is 48.5 Å². The number of benzene rings is 2. The molecular weight excluding hydrogens is 242 g/mol. The zero-order valence-corrected chi connectivity index (χ0v) is 11.0. The van der Waals surface area contributed by atoms with Crippen LogP contribution in [0, 0.1) is 0 Å². The van der Waals surface area contributed by atoms with Gasteiger partial charge in [-0.3, -0.25) is 0 Å². The third kappa shape index (κ3) is 2.51. The Bertz CT molecular complexity index is 546. The minimum absolute atomic E-state index is 0.779. The molecule has 1 saturated carbocycles. The molecule has 0 bridgehead atoms. The summed E-state index contributed by atoms with van der Waals surface area (Å²) >= 11 is 6.14. The van der Waals surface area contributed by atoms with Crippen molar-refractivity contribution in [1.82, 2.24) is 0 Å². The van der Waals surface area contributed by atoms with Crippen molar-refractivity contribution >= 4 is 17.3 Å². The van der Waals surface area contributed by atoms with Gasteiger partial charge in [0.1, 0.15) is 0 Å². The van der Waals surface area contributed by atoms with Crippen molar-refractivity contribution < 1.29 is 0 Å². The van der Waals surface area contributed by atoms with Crippen molar-refractivity contribution in [1.29, 1.82) is 0 Å². The van der Waals surface area contributed by atoms with E-state index in [9.17, 15) is 0 Å². The Labute approximate surface area is 113 Å². The van der Waals surface area contributed by atoms with Gasteiger partial charge in [-0.15, -0.1) is 0 Å². The van der Waals surface area contributed by atoms with Crippen molar-refractivity contribution in [2.75, 3.05) is 5.32 Å². The molecule has 1 aliphatic carbocycles. The third-order valence-electron chi connectivity index (χ3n) is 3.42. The van der Waals surface area contributed by atoms with Crippen LogP contribution in [0.1, 0.15) is 29.9 Å². The van der Waals surface area contributed by atoms with Gasteiger partial charge in [-0.1, -0.05) is 48.0 Å². The van der Waals surface area contributed by atoms with Crippen LogP contribution in [0.5, 0.6) is 0 Å². The lowest BCUT2D eigenvalue weighted by Gasteiger charge is -2.11. The summed E-state index contributed by atoms with van der Waals surface area (Å²) in [5.41, 5.74) is 3.89. The molecule has 2 heteroatoms. The van der Waals surface area contributed by atoms with Gasteiger partial charge >= 0.3 is 0 Å². The molecule has 0 saturated heterocycles. The van der Waals surface area contributed by atoms with E-state index in [-0.39, 0.29) is 0 Å². The summed E-state index contributed by atoms with van der Waals surface area (Å²) in [7, 11) is 0. The van der Waals surface area contributed by atoms with Crippen molar-refractivity contribution in [2.24, 2.45) is 0 Å². The van der Waals surface area contributed by atoms with Crippen LogP contribution >= 0.6 is 11.6 Å². The summed E-state index contributed by atoms with van der Waals surface area (Å²) in [6, 6.07) is 16.6. The second kappa shape index (κ2) is 5.03. The number of nitrogens with one attached hydrogen (secondary N) is 1. The lowest BCUT2D eigenvalue weighted by atomic mass is 10.0. The van der Waals surface area contributed by atoms with E-state index < -0.39 is 0 Å². The fraction of sp³-hybridized carbons (Fsp3) is 0.250. The van der Waals surface area contributed by atoms with Gasteiger partial charge in [0.25, 0.3) is 0 Å². The smallest absolute Gasteiger partial charge is 0.0637 e. The van der Waals surface area contributed by atoms with E-state index >= 15 is 0 Å². The van der Waals surface area contributed by atoms with Gasteiger partial charge in [-0.05, 0) is 42.0 Å². The topological polar surface area (TPSA) is 12.0 Å². The maximum atomic E-state index is 6.14. The Morgan fingerprint density at radius 2 is 1.72 bits per heavy atom. The van der Waals surface area contributed by atoms with Crippen LogP contribution < -0.4 is 5.32 Å². The van der Waals surface area contributed by atoms with Crippen molar-refractivity contribution in [3.05, 3.63) is 64.7 Å². The van der Waals surface area contributed by atoms with Crippen molar-refractivity contribution in [3.63, 3.8) is 0 Å².